The number of nitro benzene ring substituents is 1. The van der Waals surface area contributed by atoms with Crippen molar-refractivity contribution in [1.82, 2.24) is 4.90 Å². The van der Waals surface area contributed by atoms with Gasteiger partial charge in [-0.3, -0.25) is 19.8 Å². The first kappa shape index (κ1) is 19.4. The number of benzene rings is 2. The quantitative estimate of drug-likeness (QED) is 0.564. The number of hydrogen-bond acceptors (Lipinski definition) is 5. The molecule has 0 aromatic heterocycles. The van der Waals surface area contributed by atoms with Gasteiger partial charge in [0.2, 0.25) is 5.91 Å². The second kappa shape index (κ2) is 8.21. The molecule has 0 unspecified atom stereocenters. The minimum atomic E-state index is -0.483. The number of aryl methyl sites for hydroxylation is 1. The smallest absolute Gasteiger partial charge is 0.273 e. The predicted octanol–water partition coefficient (Wildman–Crippen LogP) is 4.08. The van der Waals surface area contributed by atoms with E-state index in [9.17, 15) is 14.9 Å². The fraction of sp³-hybridized carbons (Fsp3) is 0.409. The molecule has 29 heavy (non-hydrogen) atoms. The molecule has 7 heteroatoms. The highest BCUT2D eigenvalue weighted by Crippen LogP contribution is 2.40. The van der Waals surface area contributed by atoms with Gasteiger partial charge < -0.3 is 10.1 Å². The molecule has 1 N–H and O–H groups in total. The van der Waals surface area contributed by atoms with E-state index in [2.05, 4.69) is 34.5 Å². The number of amides is 1. The average molecular weight is 395 g/mol. The third kappa shape index (κ3) is 4.24. The maximum absolute atomic E-state index is 12.9. The van der Waals surface area contributed by atoms with E-state index in [0.717, 1.165) is 32.1 Å². The highest BCUT2D eigenvalue weighted by Gasteiger charge is 2.37. The van der Waals surface area contributed by atoms with E-state index in [1.165, 1.54) is 36.4 Å². The van der Waals surface area contributed by atoms with Gasteiger partial charge in [-0.25, -0.2) is 0 Å². The minimum absolute atomic E-state index is 0.0710. The summed E-state index contributed by atoms with van der Waals surface area (Å²) < 4.78 is 5.23. The molecule has 0 bridgehead atoms. The first-order valence-electron chi connectivity index (χ1n) is 10.0. The number of rotatable bonds is 7. The van der Waals surface area contributed by atoms with Gasteiger partial charge in [0, 0.05) is 18.2 Å². The molecule has 2 aliphatic carbocycles. The SMILES string of the molecule is COc1cc([N+](=O)[O-])ccc1NC(=O)CN(C1CC1)[C@@H]1CCCc2ccccc21. The molecule has 2 aliphatic rings. The summed E-state index contributed by atoms with van der Waals surface area (Å²) >= 11 is 0. The predicted molar refractivity (Wildman–Crippen MR) is 110 cm³/mol. The Labute approximate surface area is 169 Å². The Morgan fingerprint density at radius 1 is 1.24 bits per heavy atom. The van der Waals surface area contributed by atoms with Crippen LogP contribution in [-0.2, 0) is 11.2 Å². The Kier molecular flexibility index (Phi) is 5.49. The zero-order valence-electron chi connectivity index (χ0n) is 16.5. The van der Waals surface area contributed by atoms with E-state index >= 15 is 0 Å². The van der Waals surface area contributed by atoms with Crippen LogP contribution in [0.15, 0.2) is 42.5 Å². The van der Waals surface area contributed by atoms with E-state index in [1.807, 2.05) is 0 Å². The lowest BCUT2D eigenvalue weighted by Gasteiger charge is -2.35. The van der Waals surface area contributed by atoms with E-state index in [0.29, 0.717) is 18.3 Å². The fourth-order valence-corrected chi connectivity index (χ4v) is 4.23. The van der Waals surface area contributed by atoms with Crippen molar-refractivity contribution in [3.63, 3.8) is 0 Å². The molecule has 4 rings (SSSR count). The van der Waals surface area contributed by atoms with Crippen molar-refractivity contribution >= 4 is 17.3 Å². The summed E-state index contributed by atoms with van der Waals surface area (Å²) in [7, 11) is 1.43. The molecule has 152 valence electrons. The van der Waals surface area contributed by atoms with Crippen LogP contribution in [0.2, 0.25) is 0 Å². The summed E-state index contributed by atoms with van der Waals surface area (Å²) in [6.07, 6.45) is 5.52. The van der Waals surface area contributed by atoms with Gasteiger partial charge in [-0.15, -0.1) is 0 Å². The molecule has 0 saturated heterocycles. The molecule has 1 atom stereocenters. The third-order valence-electron chi connectivity index (χ3n) is 5.75. The average Bonchev–Trinajstić information content (AvgIpc) is 3.57. The zero-order chi connectivity index (χ0) is 20.4. The van der Waals surface area contributed by atoms with Crippen molar-refractivity contribution in [2.75, 3.05) is 19.0 Å². The van der Waals surface area contributed by atoms with Crippen LogP contribution in [-0.4, -0.2) is 35.4 Å². The number of carbonyl (C=O) groups excluding carboxylic acids is 1. The number of nitrogens with zero attached hydrogens (tertiary/aromatic N) is 2. The first-order valence-corrected chi connectivity index (χ1v) is 10.0. The summed E-state index contributed by atoms with van der Waals surface area (Å²) in [6, 6.07) is 13.4. The molecule has 2 aromatic carbocycles. The summed E-state index contributed by atoms with van der Waals surface area (Å²) in [6.45, 7) is 0.295. The van der Waals surface area contributed by atoms with Gasteiger partial charge >= 0.3 is 0 Å². The zero-order valence-corrected chi connectivity index (χ0v) is 16.5. The molecule has 0 aliphatic heterocycles. The van der Waals surface area contributed by atoms with E-state index in [1.54, 1.807) is 0 Å². The number of hydrogen-bond donors (Lipinski definition) is 1. The summed E-state index contributed by atoms with van der Waals surface area (Å²) in [5.41, 5.74) is 3.10. The van der Waals surface area contributed by atoms with Crippen molar-refractivity contribution in [3.8, 4) is 5.75 Å². The summed E-state index contributed by atoms with van der Waals surface area (Å²) in [5.74, 6) is 0.153. The Bertz CT molecular complexity index is 926. The third-order valence-corrected chi connectivity index (χ3v) is 5.75. The Morgan fingerprint density at radius 2 is 2.03 bits per heavy atom. The van der Waals surface area contributed by atoms with Crippen molar-refractivity contribution in [1.29, 1.82) is 0 Å². The Balaban J connectivity index is 1.51. The summed E-state index contributed by atoms with van der Waals surface area (Å²) in [5, 5.41) is 13.8. The van der Waals surface area contributed by atoms with Gasteiger partial charge in [-0.1, -0.05) is 24.3 Å². The fourth-order valence-electron chi connectivity index (χ4n) is 4.23. The highest BCUT2D eigenvalue weighted by molar-refractivity contribution is 5.94. The van der Waals surface area contributed by atoms with Crippen LogP contribution >= 0.6 is 0 Å². The van der Waals surface area contributed by atoms with Crippen LogP contribution in [0.3, 0.4) is 0 Å². The molecule has 7 nitrogen and oxygen atoms in total. The second-order valence-electron chi connectivity index (χ2n) is 7.70. The molecule has 1 saturated carbocycles. The highest BCUT2D eigenvalue weighted by atomic mass is 16.6. The Hall–Kier alpha value is -2.93. The maximum atomic E-state index is 12.9. The Morgan fingerprint density at radius 3 is 2.76 bits per heavy atom. The van der Waals surface area contributed by atoms with Gasteiger partial charge in [0.15, 0.2) is 0 Å². The molecule has 1 fully saturated rings. The first-order chi connectivity index (χ1) is 14.1. The van der Waals surface area contributed by atoms with Crippen LogP contribution < -0.4 is 10.1 Å². The minimum Gasteiger partial charge on any atom is -0.494 e. The van der Waals surface area contributed by atoms with Gasteiger partial charge in [-0.05, 0) is 49.3 Å². The lowest BCUT2D eigenvalue weighted by molar-refractivity contribution is -0.384. The monoisotopic (exact) mass is 395 g/mol. The molecule has 1 amide bonds. The topological polar surface area (TPSA) is 84.7 Å². The van der Waals surface area contributed by atoms with Crippen LogP contribution in [0.5, 0.6) is 5.75 Å². The number of fused-ring (bicyclic) bond motifs is 1. The van der Waals surface area contributed by atoms with Gasteiger partial charge in [0.25, 0.3) is 5.69 Å². The number of ether oxygens (including phenoxy) is 1. The van der Waals surface area contributed by atoms with E-state index in [4.69, 9.17) is 4.74 Å². The number of carbonyl (C=O) groups is 1. The number of nitrogens with one attached hydrogen (secondary N) is 1. The normalized spacial score (nSPS) is 18.2. The van der Waals surface area contributed by atoms with Gasteiger partial charge in [0.1, 0.15) is 5.75 Å². The van der Waals surface area contributed by atoms with Crippen LogP contribution in [0.4, 0.5) is 11.4 Å². The molecular formula is C22H25N3O4. The summed E-state index contributed by atoms with van der Waals surface area (Å²) in [4.78, 5) is 25.7. The number of methoxy groups -OCH3 is 1. The molecule has 2 aromatic rings. The lowest BCUT2D eigenvalue weighted by Crippen LogP contribution is -2.39. The van der Waals surface area contributed by atoms with Crippen molar-refractivity contribution < 1.29 is 14.5 Å². The van der Waals surface area contributed by atoms with Gasteiger partial charge in [-0.2, -0.15) is 0 Å². The van der Waals surface area contributed by atoms with Crippen molar-refractivity contribution in [2.45, 2.75) is 44.2 Å². The number of anilines is 1. The molecule has 0 radical (unpaired) electrons. The molecular weight excluding hydrogens is 370 g/mol. The van der Waals surface area contributed by atoms with Crippen LogP contribution in [0.25, 0.3) is 0 Å². The molecule has 0 heterocycles. The van der Waals surface area contributed by atoms with Crippen molar-refractivity contribution in [2.24, 2.45) is 0 Å². The maximum Gasteiger partial charge on any atom is 0.273 e. The molecule has 0 spiro atoms. The van der Waals surface area contributed by atoms with E-state index in [-0.39, 0.29) is 23.4 Å². The lowest BCUT2D eigenvalue weighted by atomic mass is 9.86. The van der Waals surface area contributed by atoms with Gasteiger partial charge in [0.05, 0.1) is 30.3 Å². The largest absolute Gasteiger partial charge is 0.494 e. The van der Waals surface area contributed by atoms with Crippen LogP contribution in [0.1, 0.15) is 42.9 Å². The van der Waals surface area contributed by atoms with E-state index < -0.39 is 4.92 Å². The number of non-ortho nitro benzene ring substituents is 1. The number of nitro groups is 1. The second-order valence-corrected chi connectivity index (χ2v) is 7.70. The van der Waals surface area contributed by atoms with Crippen LogP contribution in [0, 0.1) is 10.1 Å². The standard InChI is InChI=1S/C22H25N3O4/c1-29-21-13-17(25(27)28)11-12-19(21)23-22(26)14-24(16-9-10-16)20-8-4-6-15-5-2-3-7-18(15)20/h2-3,5,7,11-13,16,20H,4,6,8-10,14H2,1H3,(H,23,26)/t20-/m1/s1. The van der Waals surface area contributed by atoms with Crippen molar-refractivity contribution in [3.05, 3.63) is 63.7 Å².